The first-order chi connectivity index (χ1) is 40.5. The van der Waals surface area contributed by atoms with E-state index >= 15 is 0 Å². The Bertz CT molecular complexity index is 2850. The summed E-state index contributed by atoms with van der Waals surface area (Å²) in [4.78, 5) is 167. The van der Waals surface area contributed by atoms with Gasteiger partial charge in [-0.05, 0) is 84.0 Å². The van der Waals surface area contributed by atoms with Gasteiger partial charge >= 0.3 is 35.8 Å². The molecule has 0 bridgehead atoms. The Balaban J connectivity index is 0.000000561. The number of nitrogens with zero attached hydrogens (tertiary/aromatic N) is 4. The molecule has 24 nitrogen and oxygen atoms in total. The van der Waals surface area contributed by atoms with Gasteiger partial charge in [0.15, 0.2) is 0 Å². The van der Waals surface area contributed by atoms with Gasteiger partial charge in [0.1, 0.15) is 24.2 Å². The molecule has 0 unspecified atom stereocenters. The molecule has 490 valence electrons. The first-order valence-electron chi connectivity index (χ1n) is 27.6. The standard InChI is InChI=1S/4C14H15NO4.2C4H8O2.2Rh/c4*1-14(2,3)10(13(18)19)15-11(16)8-6-4-5-7-9(8)12(15)17;2*1-3-6-4(2)5;;/h4*4-7,10H,1-3H3,(H,18,19);2*3H2,1-2H3;;/t4*10-;;;;/m1111..../s1. The second-order valence-electron chi connectivity index (χ2n) is 24.4. The minimum Gasteiger partial charge on any atom is -0.480 e. The summed E-state index contributed by atoms with van der Waals surface area (Å²) in [5.74, 6) is -9.45. The molecule has 4 aromatic rings. The Morgan fingerprint density at radius 1 is 0.322 bits per heavy atom. The van der Waals surface area contributed by atoms with Crippen LogP contribution in [0.4, 0.5) is 0 Å². The smallest absolute Gasteiger partial charge is 0.327 e. The van der Waals surface area contributed by atoms with Crippen LogP contribution in [0.15, 0.2) is 97.1 Å². The number of carbonyl (C=O) groups is 14. The van der Waals surface area contributed by atoms with Crippen LogP contribution in [0.2, 0.25) is 0 Å². The molecule has 8 amide bonds. The van der Waals surface area contributed by atoms with E-state index in [1.165, 1.54) is 62.4 Å². The van der Waals surface area contributed by atoms with Gasteiger partial charge in [-0.3, -0.25) is 67.5 Å². The number of hydrogen-bond donors (Lipinski definition) is 4. The molecule has 90 heavy (non-hydrogen) atoms. The Kier molecular flexibility index (Phi) is 28.5. The molecular weight excluding hydrogens is 1350 g/mol. The van der Waals surface area contributed by atoms with Crippen molar-refractivity contribution in [3.63, 3.8) is 0 Å². The minimum atomic E-state index is -1.18. The summed E-state index contributed by atoms with van der Waals surface area (Å²) in [7, 11) is 0. The molecule has 0 saturated carbocycles. The maximum atomic E-state index is 12.2. The van der Waals surface area contributed by atoms with Gasteiger partial charge < -0.3 is 29.9 Å². The number of hydrogen-bond acceptors (Lipinski definition) is 16. The Hall–Kier alpha value is -8.49. The molecule has 4 heterocycles. The summed E-state index contributed by atoms with van der Waals surface area (Å²) in [6.45, 7) is 27.6. The van der Waals surface area contributed by atoms with E-state index in [0.29, 0.717) is 13.2 Å². The van der Waals surface area contributed by atoms with Gasteiger partial charge in [-0.15, -0.1) is 0 Å². The number of esters is 2. The number of carboxylic acids is 4. The van der Waals surface area contributed by atoms with Gasteiger partial charge in [-0.1, -0.05) is 132 Å². The van der Waals surface area contributed by atoms with E-state index in [9.17, 15) is 87.5 Å². The zero-order valence-corrected chi connectivity index (χ0v) is 56.0. The average Bonchev–Trinajstić information content (AvgIpc) is 4.22. The number of ether oxygens (including phenoxy) is 2. The normalized spacial score (nSPS) is 14.9. The first-order valence-corrected chi connectivity index (χ1v) is 27.6. The molecule has 0 aliphatic carbocycles. The van der Waals surface area contributed by atoms with Crippen LogP contribution in [-0.2, 0) is 77.2 Å². The van der Waals surface area contributed by atoms with Crippen molar-refractivity contribution >= 4 is 83.1 Å². The number of carboxylic acid groups (broad SMARTS) is 4. The van der Waals surface area contributed by atoms with Crippen molar-refractivity contribution in [2.24, 2.45) is 21.7 Å². The van der Waals surface area contributed by atoms with Gasteiger partial charge in [0.05, 0.1) is 57.7 Å². The molecule has 4 N–H and O–H groups in total. The Labute approximate surface area is 547 Å². The van der Waals surface area contributed by atoms with Crippen molar-refractivity contribution in [3.8, 4) is 0 Å². The molecule has 4 atom stereocenters. The number of rotatable bonds is 10. The number of amides is 8. The van der Waals surface area contributed by atoms with E-state index in [2.05, 4.69) is 9.47 Å². The minimum absolute atomic E-state index is 0. The van der Waals surface area contributed by atoms with Gasteiger partial charge in [-0.2, -0.15) is 0 Å². The van der Waals surface area contributed by atoms with E-state index in [1.807, 2.05) is 0 Å². The third-order valence-electron chi connectivity index (χ3n) is 13.2. The van der Waals surface area contributed by atoms with Crippen molar-refractivity contribution < 1.29 is 136 Å². The molecule has 0 aromatic heterocycles. The third kappa shape index (κ3) is 18.8. The molecule has 4 aromatic carbocycles. The van der Waals surface area contributed by atoms with Crippen molar-refractivity contribution in [2.45, 2.75) is 135 Å². The van der Waals surface area contributed by atoms with Crippen molar-refractivity contribution in [1.82, 2.24) is 19.6 Å². The summed E-state index contributed by atoms with van der Waals surface area (Å²) in [6, 6.07) is 20.8. The van der Waals surface area contributed by atoms with E-state index in [0.717, 1.165) is 19.6 Å². The van der Waals surface area contributed by atoms with Gasteiger partial charge in [-0.25, -0.2) is 19.2 Å². The number of benzene rings is 4. The first kappa shape index (κ1) is 79.5. The maximum Gasteiger partial charge on any atom is 0.327 e. The zero-order chi connectivity index (χ0) is 67.5. The van der Waals surface area contributed by atoms with E-state index in [4.69, 9.17) is 0 Å². The fraction of sp³-hybridized carbons (Fsp3) is 0.406. The Morgan fingerprint density at radius 2 is 0.444 bits per heavy atom. The van der Waals surface area contributed by atoms with Crippen LogP contribution in [0.5, 0.6) is 0 Å². The second-order valence-corrected chi connectivity index (χ2v) is 24.4. The van der Waals surface area contributed by atoms with Crippen LogP contribution in [0.1, 0.15) is 194 Å². The Morgan fingerprint density at radius 3 is 0.511 bits per heavy atom. The number of fused-ring (bicyclic) bond motifs is 4. The van der Waals surface area contributed by atoms with Gasteiger partial charge in [0, 0.05) is 52.8 Å². The molecular formula is C64H76N4O20Rh2. The van der Waals surface area contributed by atoms with Gasteiger partial charge in [0.25, 0.3) is 47.3 Å². The second kappa shape index (κ2) is 32.3. The fourth-order valence-corrected chi connectivity index (χ4v) is 9.65. The van der Waals surface area contributed by atoms with E-state index < -0.39 is 117 Å². The van der Waals surface area contributed by atoms with Crippen LogP contribution < -0.4 is 0 Å². The zero-order valence-electron chi connectivity index (χ0n) is 52.7. The molecule has 2 radical (unpaired) electrons. The van der Waals surface area contributed by atoms with Crippen molar-refractivity contribution in [3.05, 3.63) is 142 Å². The third-order valence-corrected chi connectivity index (χ3v) is 13.2. The van der Waals surface area contributed by atoms with Crippen molar-refractivity contribution in [2.75, 3.05) is 13.2 Å². The molecule has 4 aliphatic heterocycles. The summed E-state index contributed by atoms with van der Waals surface area (Å²) in [6.07, 6.45) is 0. The number of carbonyl (C=O) groups excluding carboxylic acids is 10. The summed E-state index contributed by atoms with van der Waals surface area (Å²) in [5.41, 5.74) is -0.814. The van der Waals surface area contributed by atoms with Crippen LogP contribution in [-0.4, -0.2) is 160 Å². The summed E-state index contributed by atoms with van der Waals surface area (Å²) in [5, 5.41) is 37.4. The monoisotopic (exact) mass is 1430 g/mol. The van der Waals surface area contributed by atoms with Crippen LogP contribution in [0, 0.1) is 21.7 Å². The molecule has 0 saturated heterocycles. The molecule has 26 heteroatoms. The summed E-state index contributed by atoms with van der Waals surface area (Å²) >= 11 is 0. The number of aliphatic carboxylic acids is 4. The molecule has 0 spiro atoms. The van der Waals surface area contributed by atoms with Crippen molar-refractivity contribution in [1.29, 1.82) is 0 Å². The van der Waals surface area contributed by atoms with Crippen LogP contribution >= 0.6 is 0 Å². The molecule has 4 aliphatic rings. The van der Waals surface area contributed by atoms with E-state index in [1.54, 1.807) is 145 Å². The predicted molar refractivity (Wildman–Crippen MR) is 316 cm³/mol. The molecule has 0 fully saturated rings. The van der Waals surface area contributed by atoms with Crippen LogP contribution in [0.3, 0.4) is 0 Å². The van der Waals surface area contributed by atoms with Gasteiger partial charge in [0.2, 0.25) is 0 Å². The van der Waals surface area contributed by atoms with Crippen LogP contribution in [0.25, 0.3) is 0 Å². The topological polar surface area (TPSA) is 351 Å². The quantitative estimate of drug-likeness (QED) is 0.0659. The molecule has 8 rings (SSSR count). The largest absolute Gasteiger partial charge is 0.480 e. The SMILES string of the molecule is CC(C)(C)[C@@H](C(=O)O)N1C(=O)c2ccccc2C1=O.CC(C)(C)[C@@H](C(=O)O)N1C(=O)c2ccccc2C1=O.CC(C)(C)[C@@H](C(=O)O)N1C(=O)c2ccccc2C1=O.CC(C)(C)[C@@H](C(=O)O)N1C(=O)c2ccccc2C1=O.CCOC(C)=O.CCOC(C)=O.[Rh].[Rh]. The number of imide groups is 4. The predicted octanol–water partition coefficient (Wildman–Crippen LogP) is 8.26. The fourth-order valence-electron chi connectivity index (χ4n) is 9.65. The average molecular weight is 1430 g/mol. The maximum absolute atomic E-state index is 12.2. The summed E-state index contributed by atoms with van der Waals surface area (Å²) < 4.78 is 8.81. The van der Waals surface area contributed by atoms with E-state index in [-0.39, 0.29) is 95.4 Å².